The van der Waals surface area contributed by atoms with Crippen LogP contribution in [0.25, 0.3) is 0 Å². The Hall–Kier alpha value is -2.92. The van der Waals surface area contributed by atoms with Crippen molar-refractivity contribution >= 4 is 29.0 Å². The Labute approximate surface area is 151 Å². The van der Waals surface area contributed by atoms with Crippen molar-refractivity contribution in [3.63, 3.8) is 0 Å². The molecular weight excluding hydrogens is 336 g/mol. The van der Waals surface area contributed by atoms with Crippen molar-refractivity contribution in [1.29, 1.82) is 0 Å². The number of benzene rings is 2. The first-order chi connectivity index (χ1) is 12.2. The van der Waals surface area contributed by atoms with Crippen molar-refractivity contribution in [2.75, 3.05) is 11.9 Å². The van der Waals surface area contributed by atoms with E-state index < -0.39 is 0 Å². The molecule has 0 atom stereocenters. The zero-order valence-corrected chi connectivity index (χ0v) is 14.2. The van der Waals surface area contributed by atoms with Crippen LogP contribution in [0.4, 0.5) is 11.5 Å². The topological polar surface area (TPSA) is 66.9 Å². The number of rotatable bonds is 6. The predicted molar refractivity (Wildman–Crippen MR) is 99.2 cm³/mol. The molecule has 0 radical (unpaired) electrons. The number of carbonyl (C=O) groups excluding carboxylic acids is 1. The van der Waals surface area contributed by atoms with Crippen molar-refractivity contribution in [2.45, 2.75) is 6.42 Å². The van der Waals surface area contributed by atoms with Gasteiger partial charge in [-0.15, -0.1) is 0 Å². The summed E-state index contributed by atoms with van der Waals surface area (Å²) in [5.74, 6) is 0.306. The molecule has 2 N–H and O–H groups in total. The van der Waals surface area contributed by atoms with E-state index in [0.717, 1.165) is 12.1 Å². The SMILES string of the molecule is O=C(NCCc1ccccc1)c1cnc(Nc2cccc(Cl)c2)cn1. The van der Waals surface area contributed by atoms with Crippen LogP contribution >= 0.6 is 11.6 Å². The number of hydrogen-bond acceptors (Lipinski definition) is 4. The second-order valence-corrected chi connectivity index (χ2v) is 5.85. The molecule has 0 unspecified atom stereocenters. The number of halogens is 1. The van der Waals surface area contributed by atoms with Gasteiger partial charge in [-0.05, 0) is 30.2 Å². The van der Waals surface area contributed by atoms with Crippen LogP contribution in [-0.4, -0.2) is 22.4 Å². The van der Waals surface area contributed by atoms with E-state index in [-0.39, 0.29) is 11.6 Å². The maximum atomic E-state index is 12.1. The molecule has 0 fully saturated rings. The van der Waals surface area contributed by atoms with Crippen molar-refractivity contribution in [3.05, 3.63) is 83.3 Å². The van der Waals surface area contributed by atoms with Gasteiger partial charge >= 0.3 is 0 Å². The smallest absolute Gasteiger partial charge is 0.271 e. The van der Waals surface area contributed by atoms with Crippen LogP contribution in [0.15, 0.2) is 67.0 Å². The fourth-order valence-corrected chi connectivity index (χ4v) is 2.47. The number of nitrogens with one attached hydrogen (secondary N) is 2. The molecule has 0 aliphatic heterocycles. The third kappa shape index (κ3) is 5.02. The summed E-state index contributed by atoms with van der Waals surface area (Å²) >= 11 is 5.94. The Kier molecular flexibility index (Phi) is 5.59. The lowest BCUT2D eigenvalue weighted by atomic mass is 10.1. The van der Waals surface area contributed by atoms with Crippen LogP contribution in [0, 0.1) is 0 Å². The normalized spacial score (nSPS) is 10.3. The van der Waals surface area contributed by atoms with Crippen LogP contribution < -0.4 is 10.6 Å². The largest absolute Gasteiger partial charge is 0.350 e. The fourth-order valence-electron chi connectivity index (χ4n) is 2.28. The Morgan fingerprint density at radius 1 is 1.00 bits per heavy atom. The van der Waals surface area contributed by atoms with E-state index >= 15 is 0 Å². The second kappa shape index (κ2) is 8.26. The number of aromatic nitrogens is 2. The molecule has 5 nitrogen and oxygen atoms in total. The number of amides is 1. The standard InChI is InChI=1S/C19H17ClN4O/c20-15-7-4-8-16(11-15)24-18-13-22-17(12-23-18)19(25)21-10-9-14-5-2-1-3-6-14/h1-8,11-13H,9-10H2,(H,21,25)(H,23,24). The van der Waals surface area contributed by atoms with Crippen LogP contribution in [0.2, 0.25) is 5.02 Å². The van der Waals surface area contributed by atoms with E-state index in [1.54, 1.807) is 12.1 Å². The third-order valence-corrected chi connectivity index (χ3v) is 3.76. The molecule has 3 aromatic rings. The van der Waals surface area contributed by atoms with Crippen molar-refractivity contribution in [2.24, 2.45) is 0 Å². The highest BCUT2D eigenvalue weighted by Crippen LogP contribution is 2.18. The first-order valence-corrected chi connectivity index (χ1v) is 8.25. The average molecular weight is 353 g/mol. The lowest BCUT2D eigenvalue weighted by Crippen LogP contribution is -2.26. The molecular formula is C19H17ClN4O. The Morgan fingerprint density at radius 2 is 1.84 bits per heavy atom. The monoisotopic (exact) mass is 352 g/mol. The predicted octanol–water partition coefficient (Wildman–Crippen LogP) is 3.85. The third-order valence-electron chi connectivity index (χ3n) is 3.52. The summed E-state index contributed by atoms with van der Waals surface area (Å²) in [4.78, 5) is 20.5. The first-order valence-electron chi connectivity index (χ1n) is 7.87. The molecule has 1 heterocycles. The van der Waals surface area contributed by atoms with E-state index in [2.05, 4.69) is 20.6 Å². The summed E-state index contributed by atoms with van der Waals surface area (Å²) in [6.45, 7) is 0.549. The molecule has 0 aliphatic carbocycles. The van der Waals surface area contributed by atoms with Crippen molar-refractivity contribution < 1.29 is 4.79 Å². The summed E-state index contributed by atoms with van der Waals surface area (Å²) in [6.07, 6.45) is 3.74. The van der Waals surface area contributed by atoms with Crippen LogP contribution in [0.5, 0.6) is 0 Å². The van der Waals surface area contributed by atoms with E-state index in [9.17, 15) is 4.79 Å². The van der Waals surface area contributed by atoms with Gasteiger partial charge in [0.15, 0.2) is 0 Å². The van der Waals surface area contributed by atoms with Gasteiger partial charge in [-0.2, -0.15) is 0 Å². The molecule has 6 heteroatoms. The summed E-state index contributed by atoms with van der Waals surface area (Å²) in [6, 6.07) is 17.3. The molecule has 126 valence electrons. The van der Waals surface area contributed by atoms with Gasteiger partial charge in [-0.1, -0.05) is 48.0 Å². The van der Waals surface area contributed by atoms with E-state index in [1.807, 2.05) is 42.5 Å². The highest BCUT2D eigenvalue weighted by atomic mass is 35.5. The van der Waals surface area contributed by atoms with Gasteiger partial charge in [0.1, 0.15) is 11.5 Å². The Morgan fingerprint density at radius 3 is 2.56 bits per heavy atom. The molecule has 0 saturated carbocycles. The highest BCUT2D eigenvalue weighted by molar-refractivity contribution is 6.30. The number of hydrogen-bond donors (Lipinski definition) is 2. The van der Waals surface area contributed by atoms with Crippen LogP contribution in [0.1, 0.15) is 16.1 Å². The minimum atomic E-state index is -0.238. The number of nitrogens with zero attached hydrogens (tertiary/aromatic N) is 2. The summed E-state index contributed by atoms with van der Waals surface area (Å²) in [5.41, 5.74) is 2.27. The number of carbonyl (C=O) groups is 1. The van der Waals surface area contributed by atoms with Gasteiger partial charge in [0.25, 0.3) is 5.91 Å². The molecule has 0 spiro atoms. The number of anilines is 2. The molecule has 0 aliphatic rings. The van der Waals surface area contributed by atoms with Crippen molar-refractivity contribution in [3.8, 4) is 0 Å². The molecule has 1 aromatic heterocycles. The lowest BCUT2D eigenvalue weighted by Gasteiger charge is -2.07. The minimum Gasteiger partial charge on any atom is -0.350 e. The minimum absolute atomic E-state index is 0.238. The molecule has 3 rings (SSSR count). The van der Waals surface area contributed by atoms with E-state index in [1.165, 1.54) is 18.0 Å². The summed E-state index contributed by atoms with van der Waals surface area (Å²) < 4.78 is 0. The van der Waals surface area contributed by atoms with Crippen LogP contribution in [0.3, 0.4) is 0 Å². The lowest BCUT2D eigenvalue weighted by molar-refractivity contribution is 0.0949. The molecule has 25 heavy (non-hydrogen) atoms. The van der Waals surface area contributed by atoms with Crippen molar-refractivity contribution in [1.82, 2.24) is 15.3 Å². The molecule has 1 amide bonds. The van der Waals surface area contributed by atoms with Gasteiger partial charge in [0, 0.05) is 17.3 Å². The van der Waals surface area contributed by atoms with Gasteiger partial charge < -0.3 is 10.6 Å². The maximum absolute atomic E-state index is 12.1. The molecule has 0 saturated heterocycles. The first kappa shape index (κ1) is 16.9. The van der Waals surface area contributed by atoms with Gasteiger partial charge in [0.2, 0.25) is 0 Å². The average Bonchev–Trinajstić information content (AvgIpc) is 2.63. The highest BCUT2D eigenvalue weighted by Gasteiger charge is 2.07. The molecule has 2 aromatic carbocycles. The summed E-state index contributed by atoms with van der Waals surface area (Å²) in [7, 11) is 0. The quantitative estimate of drug-likeness (QED) is 0.707. The van der Waals surface area contributed by atoms with E-state index in [4.69, 9.17) is 11.6 Å². The molecule has 0 bridgehead atoms. The maximum Gasteiger partial charge on any atom is 0.271 e. The van der Waals surface area contributed by atoms with E-state index in [0.29, 0.717) is 17.4 Å². The van der Waals surface area contributed by atoms with Crippen LogP contribution in [-0.2, 0) is 6.42 Å². The fraction of sp³-hybridized carbons (Fsp3) is 0.105. The zero-order chi connectivity index (χ0) is 17.5. The Bertz CT molecular complexity index is 838. The van der Waals surface area contributed by atoms with Gasteiger partial charge in [-0.25, -0.2) is 9.97 Å². The Balaban J connectivity index is 1.53. The van der Waals surface area contributed by atoms with Gasteiger partial charge in [0.05, 0.1) is 12.4 Å². The zero-order valence-electron chi connectivity index (χ0n) is 13.4. The second-order valence-electron chi connectivity index (χ2n) is 5.41. The summed E-state index contributed by atoms with van der Waals surface area (Å²) in [5, 5.41) is 6.56. The van der Waals surface area contributed by atoms with Gasteiger partial charge in [-0.3, -0.25) is 4.79 Å².